The van der Waals surface area contributed by atoms with Crippen LogP contribution in [0.5, 0.6) is 0 Å². The zero-order valence-electron chi connectivity index (χ0n) is 11.7. The summed E-state index contributed by atoms with van der Waals surface area (Å²) in [5.74, 6) is 0.523. The molecular formula is C15H19FN4. The van der Waals surface area contributed by atoms with E-state index in [-0.39, 0.29) is 5.82 Å². The van der Waals surface area contributed by atoms with Crippen LogP contribution < -0.4 is 16.4 Å². The van der Waals surface area contributed by atoms with Gasteiger partial charge in [-0.25, -0.2) is 9.37 Å². The van der Waals surface area contributed by atoms with Crippen LogP contribution in [0.15, 0.2) is 30.3 Å². The average molecular weight is 274 g/mol. The number of nitrogens with two attached hydrogens (primary N) is 1. The fourth-order valence-corrected chi connectivity index (χ4v) is 1.97. The normalized spacial score (nSPS) is 10.3. The van der Waals surface area contributed by atoms with Gasteiger partial charge in [-0.15, -0.1) is 0 Å². The minimum atomic E-state index is -0.231. The average Bonchev–Trinajstić information content (AvgIpc) is 2.47. The van der Waals surface area contributed by atoms with E-state index >= 15 is 0 Å². The SMILES string of the molecule is CCc1nc(NCc2ccc(F)cc2)cc(NC)c1N. The first-order valence-corrected chi connectivity index (χ1v) is 6.59. The number of nitrogen functional groups attached to an aromatic ring is 1. The van der Waals surface area contributed by atoms with Crippen molar-refractivity contribution in [1.29, 1.82) is 0 Å². The molecular weight excluding hydrogens is 255 g/mol. The highest BCUT2D eigenvalue weighted by Gasteiger charge is 2.07. The van der Waals surface area contributed by atoms with Crippen molar-refractivity contribution in [1.82, 2.24) is 4.98 Å². The fourth-order valence-electron chi connectivity index (χ4n) is 1.97. The van der Waals surface area contributed by atoms with E-state index in [4.69, 9.17) is 5.73 Å². The molecule has 0 spiro atoms. The van der Waals surface area contributed by atoms with Crippen LogP contribution in [-0.2, 0) is 13.0 Å². The zero-order valence-corrected chi connectivity index (χ0v) is 11.7. The largest absolute Gasteiger partial charge is 0.396 e. The minimum Gasteiger partial charge on any atom is -0.396 e. The van der Waals surface area contributed by atoms with Crippen LogP contribution in [0.1, 0.15) is 18.2 Å². The van der Waals surface area contributed by atoms with E-state index in [1.807, 2.05) is 20.0 Å². The Hall–Kier alpha value is -2.30. The number of hydrogen-bond acceptors (Lipinski definition) is 4. The summed E-state index contributed by atoms with van der Waals surface area (Å²) < 4.78 is 12.8. The maximum Gasteiger partial charge on any atom is 0.128 e. The summed E-state index contributed by atoms with van der Waals surface area (Å²) in [7, 11) is 1.83. The van der Waals surface area contributed by atoms with Gasteiger partial charge in [0.2, 0.25) is 0 Å². The Morgan fingerprint density at radius 1 is 1.25 bits per heavy atom. The second kappa shape index (κ2) is 6.23. The summed E-state index contributed by atoms with van der Waals surface area (Å²) >= 11 is 0. The molecule has 0 aliphatic carbocycles. The van der Waals surface area contributed by atoms with Gasteiger partial charge in [0.25, 0.3) is 0 Å². The first-order valence-electron chi connectivity index (χ1n) is 6.59. The lowest BCUT2D eigenvalue weighted by Gasteiger charge is -2.13. The Labute approximate surface area is 118 Å². The van der Waals surface area contributed by atoms with Gasteiger partial charge in [0.1, 0.15) is 11.6 Å². The van der Waals surface area contributed by atoms with Crippen LogP contribution in [0, 0.1) is 5.82 Å². The molecule has 2 rings (SSSR count). The van der Waals surface area contributed by atoms with E-state index in [0.717, 1.165) is 29.2 Å². The molecule has 5 heteroatoms. The van der Waals surface area contributed by atoms with Gasteiger partial charge in [0.05, 0.1) is 17.1 Å². The summed E-state index contributed by atoms with van der Waals surface area (Å²) in [6.07, 6.45) is 0.770. The van der Waals surface area contributed by atoms with Crippen molar-refractivity contribution in [2.24, 2.45) is 0 Å². The van der Waals surface area contributed by atoms with Gasteiger partial charge in [-0.2, -0.15) is 0 Å². The second-order valence-corrected chi connectivity index (χ2v) is 4.50. The number of nitrogens with zero attached hydrogens (tertiary/aromatic N) is 1. The van der Waals surface area contributed by atoms with Crippen molar-refractivity contribution in [2.75, 3.05) is 23.4 Å². The van der Waals surface area contributed by atoms with Crippen LogP contribution in [-0.4, -0.2) is 12.0 Å². The van der Waals surface area contributed by atoms with Gasteiger partial charge in [-0.3, -0.25) is 0 Å². The number of halogens is 1. The summed E-state index contributed by atoms with van der Waals surface area (Å²) in [5.41, 5.74) is 9.40. The number of hydrogen-bond donors (Lipinski definition) is 3. The number of aromatic nitrogens is 1. The number of nitrogens with one attached hydrogen (secondary N) is 2. The second-order valence-electron chi connectivity index (χ2n) is 4.50. The summed E-state index contributed by atoms with van der Waals surface area (Å²) in [5, 5.41) is 6.29. The van der Waals surface area contributed by atoms with E-state index < -0.39 is 0 Å². The number of anilines is 3. The molecule has 1 aromatic heterocycles. The Bertz CT molecular complexity index is 556. The highest BCUT2D eigenvalue weighted by atomic mass is 19.1. The highest BCUT2D eigenvalue weighted by Crippen LogP contribution is 2.25. The zero-order chi connectivity index (χ0) is 14.5. The molecule has 0 fully saturated rings. The molecule has 4 nitrogen and oxygen atoms in total. The molecule has 0 aliphatic rings. The van der Waals surface area contributed by atoms with Crippen LogP contribution in [0.3, 0.4) is 0 Å². The maximum absolute atomic E-state index is 12.8. The molecule has 1 heterocycles. The van der Waals surface area contributed by atoms with E-state index in [9.17, 15) is 4.39 Å². The van der Waals surface area contributed by atoms with Crippen molar-refractivity contribution in [2.45, 2.75) is 19.9 Å². The Morgan fingerprint density at radius 3 is 2.55 bits per heavy atom. The van der Waals surface area contributed by atoms with Crippen LogP contribution >= 0.6 is 0 Å². The van der Waals surface area contributed by atoms with Gasteiger partial charge >= 0.3 is 0 Å². The smallest absolute Gasteiger partial charge is 0.128 e. The quantitative estimate of drug-likeness (QED) is 0.784. The number of pyridine rings is 1. The Kier molecular flexibility index (Phi) is 4.40. The van der Waals surface area contributed by atoms with Crippen LogP contribution in [0.25, 0.3) is 0 Å². The maximum atomic E-state index is 12.8. The molecule has 4 N–H and O–H groups in total. The van der Waals surface area contributed by atoms with Crippen molar-refractivity contribution in [3.63, 3.8) is 0 Å². The van der Waals surface area contributed by atoms with E-state index in [1.54, 1.807) is 12.1 Å². The van der Waals surface area contributed by atoms with Gasteiger partial charge in [-0.1, -0.05) is 19.1 Å². The van der Waals surface area contributed by atoms with Crippen molar-refractivity contribution >= 4 is 17.2 Å². The molecule has 0 amide bonds. The van der Waals surface area contributed by atoms with Crippen molar-refractivity contribution in [3.05, 3.63) is 47.4 Å². The van der Waals surface area contributed by atoms with Gasteiger partial charge in [-0.05, 0) is 24.1 Å². The molecule has 0 aliphatic heterocycles. The van der Waals surface area contributed by atoms with Crippen LogP contribution in [0.2, 0.25) is 0 Å². The topological polar surface area (TPSA) is 63.0 Å². The van der Waals surface area contributed by atoms with Crippen LogP contribution in [0.4, 0.5) is 21.6 Å². The van der Waals surface area contributed by atoms with Gasteiger partial charge in [0, 0.05) is 19.7 Å². The van der Waals surface area contributed by atoms with Crippen molar-refractivity contribution < 1.29 is 4.39 Å². The molecule has 106 valence electrons. The summed E-state index contributed by atoms with van der Waals surface area (Å²) in [6.45, 7) is 2.60. The van der Waals surface area contributed by atoms with Gasteiger partial charge < -0.3 is 16.4 Å². The number of aryl methyl sites for hydroxylation is 1. The standard InChI is InChI=1S/C15H19FN4/c1-3-12-15(17)13(18-2)8-14(20-12)19-9-10-4-6-11(16)7-5-10/h4-8H,3,9,17H2,1-2H3,(H2,18,19,20). The highest BCUT2D eigenvalue weighted by molar-refractivity contribution is 5.71. The third-order valence-electron chi connectivity index (χ3n) is 3.13. The molecule has 2 aromatic rings. The monoisotopic (exact) mass is 274 g/mol. The molecule has 0 atom stereocenters. The van der Waals surface area contributed by atoms with Crippen molar-refractivity contribution in [3.8, 4) is 0 Å². The van der Waals surface area contributed by atoms with Gasteiger partial charge in [0.15, 0.2) is 0 Å². The molecule has 0 saturated heterocycles. The molecule has 20 heavy (non-hydrogen) atoms. The first-order chi connectivity index (χ1) is 9.63. The molecule has 0 bridgehead atoms. The Morgan fingerprint density at radius 2 is 1.95 bits per heavy atom. The minimum absolute atomic E-state index is 0.231. The lowest BCUT2D eigenvalue weighted by Crippen LogP contribution is -2.07. The lowest BCUT2D eigenvalue weighted by atomic mass is 10.2. The molecule has 0 radical (unpaired) electrons. The Balaban J connectivity index is 2.14. The number of rotatable bonds is 5. The third-order valence-corrected chi connectivity index (χ3v) is 3.13. The predicted octanol–water partition coefficient (Wildman–Crippen LogP) is 3.02. The number of benzene rings is 1. The summed E-state index contributed by atoms with van der Waals surface area (Å²) in [4.78, 5) is 4.48. The molecule has 0 saturated carbocycles. The molecule has 1 aromatic carbocycles. The lowest BCUT2D eigenvalue weighted by molar-refractivity contribution is 0.627. The van der Waals surface area contributed by atoms with E-state index in [1.165, 1.54) is 12.1 Å². The first kappa shape index (κ1) is 14.1. The van der Waals surface area contributed by atoms with E-state index in [2.05, 4.69) is 15.6 Å². The third kappa shape index (κ3) is 3.17. The predicted molar refractivity (Wildman–Crippen MR) is 81.3 cm³/mol. The molecule has 0 unspecified atom stereocenters. The van der Waals surface area contributed by atoms with E-state index in [0.29, 0.717) is 12.2 Å². The summed E-state index contributed by atoms with van der Waals surface area (Å²) in [6, 6.07) is 8.27. The fraction of sp³-hybridized carbons (Fsp3) is 0.267.